The number of para-hydroxylation sites is 1. The van der Waals surface area contributed by atoms with Gasteiger partial charge in [0, 0.05) is 18.7 Å². The molecule has 24 heavy (non-hydrogen) atoms. The summed E-state index contributed by atoms with van der Waals surface area (Å²) in [5.41, 5.74) is 4.00. The van der Waals surface area contributed by atoms with Crippen molar-refractivity contribution < 1.29 is 9.59 Å². The van der Waals surface area contributed by atoms with Gasteiger partial charge in [0.05, 0.1) is 6.42 Å². The summed E-state index contributed by atoms with van der Waals surface area (Å²) >= 11 is 0. The van der Waals surface area contributed by atoms with Crippen LogP contribution in [0.5, 0.6) is 0 Å². The number of anilines is 1. The number of aryl methyl sites for hydroxylation is 1. The molecule has 0 aliphatic carbocycles. The quantitative estimate of drug-likeness (QED) is 0.941. The van der Waals surface area contributed by atoms with Crippen molar-refractivity contribution in [2.24, 2.45) is 0 Å². The summed E-state index contributed by atoms with van der Waals surface area (Å²) in [6, 6.07) is 15.2. The van der Waals surface area contributed by atoms with Crippen LogP contribution in [0.2, 0.25) is 0 Å². The summed E-state index contributed by atoms with van der Waals surface area (Å²) in [6.45, 7) is 4.46. The first-order chi connectivity index (χ1) is 11.6. The van der Waals surface area contributed by atoms with Crippen LogP contribution >= 0.6 is 0 Å². The van der Waals surface area contributed by atoms with Crippen LogP contribution in [0.1, 0.15) is 23.6 Å². The van der Waals surface area contributed by atoms with E-state index in [4.69, 9.17) is 0 Å². The smallest absolute Gasteiger partial charge is 0.243 e. The molecule has 2 aromatic carbocycles. The van der Waals surface area contributed by atoms with Gasteiger partial charge in [-0.1, -0.05) is 48.0 Å². The van der Waals surface area contributed by atoms with E-state index in [-0.39, 0.29) is 11.8 Å². The molecule has 3 rings (SSSR count). The van der Waals surface area contributed by atoms with Crippen LogP contribution in [0, 0.1) is 6.92 Å². The summed E-state index contributed by atoms with van der Waals surface area (Å²) < 4.78 is 0. The number of rotatable bonds is 4. The fourth-order valence-electron chi connectivity index (χ4n) is 3.28. The number of hydrogen-bond donors (Lipinski definition) is 1. The second-order valence-electron chi connectivity index (χ2n) is 6.17. The van der Waals surface area contributed by atoms with Crippen molar-refractivity contribution in [1.29, 1.82) is 0 Å². The highest BCUT2D eigenvalue weighted by Crippen LogP contribution is 2.32. The van der Waals surface area contributed by atoms with E-state index >= 15 is 0 Å². The SMILES string of the molecule is CCNC(=O)C1Cc2ccccc2N1C(=O)Cc1cccc(C)c1. The van der Waals surface area contributed by atoms with Gasteiger partial charge in [0.25, 0.3) is 0 Å². The number of amides is 2. The first-order valence-electron chi connectivity index (χ1n) is 8.33. The van der Waals surface area contributed by atoms with Gasteiger partial charge in [0.2, 0.25) is 11.8 Å². The molecule has 4 heteroatoms. The highest BCUT2D eigenvalue weighted by molar-refractivity contribution is 6.04. The molecule has 0 saturated heterocycles. The molecule has 1 aliphatic heterocycles. The Bertz CT molecular complexity index is 770. The topological polar surface area (TPSA) is 49.4 Å². The minimum atomic E-state index is -0.459. The second-order valence-corrected chi connectivity index (χ2v) is 6.17. The largest absolute Gasteiger partial charge is 0.355 e. The van der Waals surface area contributed by atoms with Crippen LogP contribution in [0.25, 0.3) is 0 Å². The predicted octanol–water partition coefficient (Wildman–Crippen LogP) is 2.63. The molecule has 1 unspecified atom stereocenters. The summed E-state index contributed by atoms with van der Waals surface area (Å²) in [5.74, 6) is -0.131. The third kappa shape index (κ3) is 3.18. The van der Waals surface area contributed by atoms with E-state index in [1.54, 1.807) is 4.90 Å². The van der Waals surface area contributed by atoms with E-state index in [9.17, 15) is 9.59 Å². The van der Waals surface area contributed by atoms with Crippen molar-refractivity contribution in [1.82, 2.24) is 5.32 Å². The Morgan fingerprint density at radius 1 is 1.17 bits per heavy atom. The number of nitrogens with one attached hydrogen (secondary N) is 1. The van der Waals surface area contributed by atoms with Gasteiger partial charge in [0.15, 0.2) is 0 Å². The molecule has 1 atom stereocenters. The highest BCUT2D eigenvalue weighted by Gasteiger charge is 2.37. The molecule has 0 bridgehead atoms. The Hall–Kier alpha value is -2.62. The van der Waals surface area contributed by atoms with Gasteiger partial charge in [-0.3, -0.25) is 14.5 Å². The van der Waals surface area contributed by atoms with Crippen LogP contribution in [-0.2, 0) is 22.4 Å². The molecule has 0 spiro atoms. The van der Waals surface area contributed by atoms with E-state index in [1.807, 2.05) is 62.4 Å². The fraction of sp³-hybridized carbons (Fsp3) is 0.300. The van der Waals surface area contributed by atoms with Gasteiger partial charge in [-0.2, -0.15) is 0 Å². The van der Waals surface area contributed by atoms with Crippen LogP contribution in [0.15, 0.2) is 48.5 Å². The first kappa shape index (κ1) is 16.2. The molecule has 2 amide bonds. The van der Waals surface area contributed by atoms with E-state index in [0.29, 0.717) is 19.4 Å². The Morgan fingerprint density at radius 3 is 2.71 bits per heavy atom. The van der Waals surface area contributed by atoms with Crippen LogP contribution in [0.4, 0.5) is 5.69 Å². The molecule has 0 aromatic heterocycles. The zero-order chi connectivity index (χ0) is 17.1. The number of benzene rings is 2. The molecule has 2 aromatic rings. The highest BCUT2D eigenvalue weighted by atomic mass is 16.2. The Kier molecular flexibility index (Phi) is 4.65. The normalized spacial score (nSPS) is 15.9. The third-order valence-corrected chi connectivity index (χ3v) is 4.34. The van der Waals surface area contributed by atoms with Crippen molar-refractivity contribution in [3.63, 3.8) is 0 Å². The number of carbonyl (C=O) groups is 2. The average Bonchev–Trinajstić information content (AvgIpc) is 2.94. The van der Waals surface area contributed by atoms with Gasteiger partial charge in [-0.25, -0.2) is 0 Å². The fourth-order valence-corrected chi connectivity index (χ4v) is 3.28. The molecule has 0 fully saturated rings. The molecule has 4 nitrogen and oxygen atoms in total. The monoisotopic (exact) mass is 322 g/mol. The van der Waals surface area contributed by atoms with Crippen molar-refractivity contribution in [2.75, 3.05) is 11.4 Å². The van der Waals surface area contributed by atoms with Gasteiger partial charge in [-0.05, 0) is 31.0 Å². The predicted molar refractivity (Wildman–Crippen MR) is 95.0 cm³/mol. The molecule has 1 N–H and O–H groups in total. The van der Waals surface area contributed by atoms with Crippen LogP contribution < -0.4 is 10.2 Å². The maximum absolute atomic E-state index is 13.0. The maximum atomic E-state index is 13.0. The summed E-state index contributed by atoms with van der Waals surface area (Å²) in [6.07, 6.45) is 0.869. The molecule has 1 aliphatic rings. The number of carbonyl (C=O) groups excluding carboxylic acids is 2. The Labute approximate surface area is 142 Å². The van der Waals surface area contributed by atoms with Gasteiger partial charge in [-0.15, -0.1) is 0 Å². The first-order valence-corrected chi connectivity index (χ1v) is 8.33. The van der Waals surface area contributed by atoms with Crippen molar-refractivity contribution >= 4 is 17.5 Å². The summed E-state index contributed by atoms with van der Waals surface area (Å²) in [5, 5.41) is 2.85. The van der Waals surface area contributed by atoms with Crippen LogP contribution in [-0.4, -0.2) is 24.4 Å². The minimum absolute atomic E-state index is 0.0400. The van der Waals surface area contributed by atoms with Gasteiger partial charge in [0.1, 0.15) is 6.04 Å². The molecule has 0 radical (unpaired) electrons. The lowest BCUT2D eigenvalue weighted by atomic mass is 10.1. The number of likely N-dealkylation sites (N-methyl/N-ethyl adjacent to an activating group) is 1. The zero-order valence-electron chi connectivity index (χ0n) is 14.1. The molecule has 124 valence electrons. The van der Waals surface area contributed by atoms with Crippen molar-refractivity contribution in [3.8, 4) is 0 Å². The lowest BCUT2D eigenvalue weighted by Gasteiger charge is -2.25. The number of hydrogen-bond acceptors (Lipinski definition) is 2. The third-order valence-electron chi connectivity index (χ3n) is 4.34. The second kappa shape index (κ2) is 6.87. The van der Waals surface area contributed by atoms with E-state index in [1.165, 1.54) is 0 Å². The summed E-state index contributed by atoms with van der Waals surface area (Å²) in [4.78, 5) is 27.1. The van der Waals surface area contributed by atoms with E-state index in [0.717, 1.165) is 22.4 Å². The molecule has 1 heterocycles. The van der Waals surface area contributed by atoms with Gasteiger partial charge < -0.3 is 5.32 Å². The number of fused-ring (bicyclic) bond motifs is 1. The maximum Gasteiger partial charge on any atom is 0.243 e. The Balaban J connectivity index is 1.89. The lowest BCUT2D eigenvalue weighted by molar-refractivity contribution is -0.125. The molecule has 0 saturated carbocycles. The number of nitrogens with zero attached hydrogens (tertiary/aromatic N) is 1. The molecular formula is C20H22N2O2. The summed E-state index contributed by atoms with van der Waals surface area (Å²) in [7, 11) is 0. The minimum Gasteiger partial charge on any atom is -0.355 e. The Morgan fingerprint density at radius 2 is 1.96 bits per heavy atom. The lowest BCUT2D eigenvalue weighted by Crippen LogP contribution is -2.48. The molecular weight excluding hydrogens is 300 g/mol. The van der Waals surface area contributed by atoms with Gasteiger partial charge >= 0.3 is 0 Å². The van der Waals surface area contributed by atoms with Crippen molar-refractivity contribution in [3.05, 3.63) is 65.2 Å². The zero-order valence-corrected chi connectivity index (χ0v) is 14.1. The van der Waals surface area contributed by atoms with E-state index < -0.39 is 6.04 Å². The van der Waals surface area contributed by atoms with Crippen molar-refractivity contribution in [2.45, 2.75) is 32.7 Å². The van der Waals surface area contributed by atoms with E-state index in [2.05, 4.69) is 5.32 Å². The van der Waals surface area contributed by atoms with Crippen LogP contribution in [0.3, 0.4) is 0 Å². The standard InChI is InChI=1S/C20H22N2O2/c1-3-21-20(24)18-13-16-9-4-5-10-17(16)22(18)19(23)12-15-8-6-7-14(2)11-15/h4-11,18H,3,12-13H2,1-2H3,(H,21,24). The average molecular weight is 322 g/mol.